The molecule has 0 aliphatic carbocycles. The van der Waals surface area contributed by atoms with Crippen molar-refractivity contribution in [3.8, 4) is 84.5 Å². The highest BCUT2D eigenvalue weighted by Crippen LogP contribution is 2.41. The number of rotatable bonds is 7. The van der Waals surface area contributed by atoms with Crippen LogP contribution in [0.1, 0.15) is 5.56 Å². The Balaban J connectivity index is 1.12. The molecule has 10 aromatic rings. The van der Waals surface area contributed by atoms with Crippen molar-refractivity contribution in [1.82, 2.24) is 20.4 Å². The fourth-order valence-corrected chi connectivity index (χ4v) is 7.97. The van der Waals surface area contributed by atoms with Crippen LogP contribution in [0.15, 0.2) is 200 Å². The highest BCUT2D eigenvalue weighted by Gasteiger charge is 2.16. The lowest BCUT2D eigenvalue weighted by Crippen LogP contribution is -1.93. The van der Waals surface area contributed by atoms with E-state index in [0.717, 1.165) is 100.0 Å². The molecule has 0 unspecified atom stereocenters. The first-order valence-electron chi connectivity index (χ1n) is 19.2. The third-order valence-electron chi connectivity index (χ3n) is 10.8. The molecule has 0 spiro atoms. The molecule has 0 saturated heterocycles. The maximum Gasteiger partial charge on any atom is 0.0998 e. The molecule has 8 aromatic carbocycles. The van der Waals surface area contributed by atoms with Crippen LogP contribution < -0.4 is 0 Å². The summed E-state index contributed by atoms with van der Waals surface area (Å²) in [5.41, 5.74) is 14.1. The molecule has 0 radical (unpaired) electrons. The fraction of sp³-hybridized carbons (Fsp3) is 0. The fourth-order valence-electron chi connectivity index (χ4n) is 7.97. The quantitative estimate of drug-likeness (QED) is 0.163. The normalized spacial score (nSPS) is 11.1. The smallest absolute Gasteiger partial charge is 0.0998 e. The maximum absolute atomic E-state index is 10.2. The summed E-state index contributed by atoms with van der Waals surface area (Å²) >= 11 is 0. The summed E-state index contributed by atoms with van der Waals surface area (Å²) in [4.78, 5) is 0. The molecule has 0 fully saturated rings. The largest absolute Gasteiger partial charge is 0.192 e. The molecule has 0 atom stereocenters. The monoisotopic (exact) mass is 739 g/mol. The lowest BCUT2D eigenvalue weighted by atomic mass is 9.87. The molecule has 270 valence electrons. The third kappa shape index (κ3) is 6.35. The van der Waals surface area contributed by atoms with E-state index in [2.05, 4.69) is 107 Å². The van der Waals surface area contributed by atoms with Gasteiger partial charge in [0.05, 0.1) is 34.4 Å². The second-order valence-corrected chi connectivity index (χ2v) is 14.2. The van der Waals surface area contributed by atoms with Gasteiger partial charge in [0.2, 0.25) is 0 Å². The Labute approximate surface area is 336 Å². The van der Waals surface area contributed by atoms with Crippen molar-refractivity contribution in [2.24, 2.45) is 0 Å². The number of nitrogens with zero attached hydrogens (tertiary/aromatic N) is 5. The minimum Gasteiger partial charge on any atom is -0.192 e. The maximum atomic E-state index is 10.2. The van der Waals surface area contributed by atoms with Crippen molar-refractivity contribution in [3.05, 3.63) is 206 Å². The summed E-state index contributed by atoms with van der Waals surface area (Å²) in [6.07, 6.45) is 0. The van der Waals surface area contributed by atoms with Gasteiger partial charge in [-0.25, -0.2) is 0 Å². The molecule has 0 amide bonds. The SMILES string of the molecule is N#Cc1ccccc1-c1cc(-c2cccc3c(-c4ccc(-c5ccccc5)nn4)cccc23)cc(-c2cccc3c(-c4ccc(-c5ccccc5)nn4)cccc23)c1. The molecular weight excluding hydrogens is 707 g/mol. The molecule has 10 rings (SSSR count). The summed E-state index contributed by atoms with van der Waals surface area (Å²) in [5, 5.41) is 33.2. The van der Waals surface area contributed by atoms with Gasteiger partial charge in [0.15, 0.2) is 0 Å². The summed E-state index contributed by atoms with van der Waals surface area (Å²) in [5.74, 6) is 0. The van der Waals surface area contributed by atoms with Gasteiger partial charge in [0.25, 0.3) is 0 Å². The second kappa shape index (κ2) is 14.9. The van der Waals surface area contributed by atoms with Crippen LogP contribution in [-0.4, -0.2) is 20.4 Å². The molecule has 0 aliphatic rings. The lowest BCUT2D eigenvalue weighted by Gasteiger charge is -2.16. The number of hydrogen-bond acceptors (Lipinski definition) is 5. The number of fused-ring (bicyclic) bond motifs is 2. The Morgan fingerprint density at radius 2 is 0.621 bits per heavy atom. The van der Waals surface area contributed by atoms with Crippen molar-refractivity contribution >= 4 is 21.5 Å². The summed E-state index contributed by atoms with van der Waals surface area (Å²) in [6, 6.07) is 70.9. The van der Waals surface area contributed by atoms with Crippen LogP contribution in [0.25, 0.3) is 100.0 Å². The Morgan fingerprint density at radius 3 is 1.05 bits per heavy atom. The van der Waals surface area contributed by atoms with Gasteiger partial charge < -0.3 is 0 Å². The van der Waals surface area contributed by atoms with E-state index in [4.69, 9.17) is 10.2 Å². The molecule has 2 heterocycles. The van der Waals surface area contributed by atoms with Gasteiger partial charge >= 0.3 is 0 Å². The van der Waals surface area contributed by atoms with Gasteiger partial charge in [-0.2, -0.15) is 5.26 Å². The van der Waals surface area contributed by atoms with E-state index in [-0.39, 0.29) is 0 Å². The van der Waals surface area contributed by atoms with Gasteiger partial charge in [-0.1, -0.05) is 152 Å². The summed E-state index contributed by atoms with van der Waals surface area (Å²) in [7, 11) is 0. The van der Waals surface area contributed by atoms with Crippen LogP contribution in [0, 0.1) is 11.3 Å². The number of hydrogen-bond donors (Lipinski definition) is 0. The third-order valence-corrected chi connectivity index (χ3v) is 10.8. The minimum absolute atomic E-state index is 0.626. The van der Waals surface area contributed by atoms with Gasteiger partial charge in [-0.05, 0) is 103 Å². The van der Waals surface area contributed by atoms with Crippen molar-refractivity contribution in [2.45, 2.75) is 0 Å². The average molecular weight is 740 g/mol. The predicted octanol–water partition coefficient (Wildman–Crippen LogP) is 13.1. The van der Waals surface area contributed by atoms with Crippen molar-refractivity contribution in [3.63, 3.8) is 0 Å². The van der Waals surface area contributed by atoms with Crippen molar-refractivity contribution < 1.29 is 0 Å². The molecule has 0 N–H and O–H groups in total. The average Bonchev–Trinajstić information content (AvgIpc) is 3.31. The molecule has 0 aliphatic heterocycles. The number of aromatic nitrogens is 4. The topological polar surface area (TPSA) is 75.3 Å². The molecule has 0 bridgehead atoms. The van der Waals surface area contributed by atoms with Crippen LogP contribution in [0.2, 0.25) is 0 Å². The van der Waals surface area contributed by atoms with Crippen LogP contribution in [-0.2, 0) is 0 Å². The Morgan fingerprint density at radius 1 is 0.276 bits per heavy atom. The van der Waals surface area contributed by atoms with Gasteiger partial charge in [-0.15, -0.1) is 20.4 Å². The molecule has 5 heteroatoms. The van der Waals surface area contributed by atoms with Gasteiger partial charge in [0.1, 0.15) is 0 Å². The molecule has 58 heavy (non-hydrogen) atoms. The number of nitriles is 1. The van der Waals surface area contributed by atoms with Crippen LogP contribution in [0.4, 0.5) is 0 Å². The van der Waals surface area contributed by atoms with Crippen LogP contribution in [0.3, 0.4) is 0 Å². The van der Waals surface area contributed by atoms with Gasteiger partial charge in [0, 0.05) is 22.3 Å². The zero-order chi connectivity index (χ0) is 38.8. The first-order chi connectivity index (χ1) is 28.7. The minimum atomic E-state index is 0.626. The Bertz CT molecular complexity index is 2970. The highest BCUT2D eigenvalue weighted by atomic mass is 15.1. The van der Waals surface area contributed by atoms with Crippen LogP contribution >= 0.6 is 0 Å². The lowest BCUT2D eigenvalue weighted by molar-refractivity contribution is 1.05. The van der Waals surface area contributed by atoms with E-state index in [9.17, 15) is 5.26 Å². The summed E-state index contributed by atoms with van der Waals surface area (Å²) < 4.78 is 0. The zero-order valence-corrected chi connectivity index (χ0v) is 31.3. The van der Waals surface area contributed by atoms with Crippen LogP contribution in [0.5, 0.6) is 0 Å². The van der Waals surface area contributed by atoms with E-state index >= 15 is 0 Å². The van der Waals surface area contributed by atoms with Crippen molar-refractivity contribution in [1.29, 1.82) is 5.26 Å². The number of benzene rings is 8. The molecule has 5 nitrogen and oxygen atoms in total. The second-order valence-electron chi connectivity index (χ2n) is 14.2. The Hall–Kier alpha value is -8.07. The molecular formula is C53H33N5. The molecule has 2 aromatic heterocycles. The van der Waals surface area contributed by atoms with E-state index in [0.29, 0.717) is 5.56 Å². The standard InChI is InChI=1S/C53H33N5/c54-34-37-17-7-8-18-41(37)38-31-39(42-19-9-23-46-44(42)21-11-25-48(46)52-29-27-50(55-57-52)35-13-3-1-4-14-35)33-40(32-38)43-20-10-24-47-45(43)22-12-26-49(47)53-30-28-51(56-58-53)36-15-5-2-6-16-36/h1-33H. The van der Waals surface area contributed by atoms with E-state index < -0.39 is 0 Å². The zero-order valence-electron chi connectivity index (χ0n) is 31.3. The predicted molar refractivity (Wildman–Crippen MR) is 235 cm³/mol. The molecule has 0 saturated carbocycles. The van der Waals surface area contributed by atoms with E-state index in [1.54, 1.807) is 0 Å². The van der Waals surface area contributed by atoms with E-state index in [1.807, 2.05) is 109 Å². The van der Waals surface area contributed by atoms with E-state index in [1.165, 1.54) is 0 Å². The van der Waals surface area contributed by atoms with Crippen molar-refractivity contribution in [2.75, 3.05) is 0 Å². The first kappa shape index (κ1) is 34.4. The highest BCUT2D eigenvalue weighted by molar-refractivity contribution is 6.07. The van der Waals surface area contributed by atoms with Gasteiger partial charge in [-0.3, -0.25) is 0 Å². The summed E-state index contributed by atoms with van der Waals surface area (Å²) in [6.45, 7) is 0. The Kier molecular flexibility index (Phi) is 8.83. The first-order valence-corrected chi connectivity index (χ1v) is 19.2.